The van der Waals surface area contributed by atoms with Gasteiger partial charge >= 0.3 is 5.97 Å². The molecule has 1 amide bonds. The Morgan fingerprint density at radius 3 is 2.36 bits per heavy atom. The number of aliphatic hydroxyl groups excluding tert-OH is 1. The minimum absolute atomic E-state index is 0.0390. The first-order valence-electron chi connectivity index (χ1n) is 7.39. The molecule has 0 aliphatic heterocycles. The third-order valence-corrected chi connectivity index (χ3v) is 5.05. The van der Waals surface area contributed by atoms with Gasteiger partial charge in [0.25, 0.3) is 5.91 Å². The van der Waals surface area contributed by atoms with Crippen LogP contribution in [0.5, 0.6) is 0 Å². The van der Waals surface area contributed by atoms with Crippen molar-refractivity contribution in [2.45, 2.75) is 4.90 Å². The first-order chi connectivity index (χ1) is 11.6. The zero-order valence-corrected chi connectivity index (χ0v) is 15.5. The van der Waals surface area contributed by atoms with Crippen molar-refractivity contribution in [3.8, 4) is 0 Å². The van der Waals surface area contributed by atoms with E-state index in [-0.39, 0.29) is 23.6 Å². The minimum atomic E-state index is -3.74. The summed E-state index contributed by atoms with van der Waals surface area (Å²) in [4.78, 5) is 25.0. The molecule has 0 aliphatic carbocycles. The zero-order valence-electron chi connectivity index (χ0n) is 14.6. The van der Waals surface area contributed by atoms with Gasteiger partial charge in [-0.05, 0) is 18.2 Å². The predicted molar refractivity (Wildman–Crippen MR) is 91.9 cm³/mol. The molecule has 0 fully saturated rings. The zero-order chi connectivity index (χ0) is 19.2. The van der Waals surface area contributed by atoms with Crippen LogP contribution >= 0.6 is 0 Å². The lowest BCUT2D eigenvalue weighted by Crippen LogP contribution is -2.28. The molecule has 0 heterocycles. The highest BCUT2D eigenvalue weighted by atomic mass is 32.2. The molecule has 0 unspecified atom stereocenters. The van der Waals surface area contributed by atoms with Crippen LogP contribution in [0.25, 0.3) is 0 Å². The Morgan fingerprint density at radius 2 is 1.84 bits per heavy atom. The van der Waals surface area contributed by atoms with Gasteiger partial charge in [0.05, 0.1) is 17.1 Å². The normalized spacial score (nSPS) is 11.3. The highest BCUT2D eigenvalue weighted by molar-refractivity contribution is 7.89. The van der Waals surface area contributed by atoms with Crippen LogP contribution < -0.4 is 5.32 Å². The van der Waals surface area contributed by atoms with E-state index in [0.717, 1.165) is 4.31 Å². The van der Waals surface area contributed by atoms with E-state index >= 15 is 0 Å². The van der Waals surface area contributed by atoms with Gasteiger partial charge < -0.3 is 20.1 Å². The van der Waals surface area contributed by atoms with Gasteiger partial charge in [-0.15, -0.1) is 0 Å². The molecule has 9 nitrogen and oxygen atoms in total. The molecule has 2 N–H and O–H groups in total. The Bertz CT molecular complexity index is 731. The third-order valence-electron chi connectivity index (χ3n) is 3.24. The second-order valence-corrected chi connectivity index (χ2v) is 7.66. The van der Waals surface area contributed by atoms with Crippen molar-refractivity contribution in [2.24, 2.45) is 0 Å². The molecule has 0 bridgehead atoms. The largest absolute Gasteiger partial charge is 0.452 e. The van der Waals surface area contributed by atoms with Crippen molar-refractivity contribution in [2.75, 3.05) is 53.3 Å². The number of nitrogens with one attached hydrogen (secondary N) is 1. The second kappa shape index (κ2) is 8.79. The molecule has 0 saturated carbocycles. The SMILES string of the molecule is CN(C)C(=O)COC(=O)c1cc(S(=O)(=O)N(C)C)ccc1NCCO. The number of carbonyl (C=O) groups is 2. The number of nitrogens with zero attached hydrogens (tertiary/aromatic N) is 2. The molecule has 1 rings (SSSR count). The van der Waals surface area contributed by atoms with E-state index in [1.807, 2.05) is 0 Å². The number of benzene rings is 1. The summed E-state index contributed by atoms with van der Waals surface area (Å²) in [5, 5.41) is 11.7. The van der Waals surface area contributed by atoms with Crippen LogP contribution in [0.3, 0.4) is 0 Å². The Labute approximate surface area is 147 Å². The van der Waals surface area contributed by atoms with E-state index in [1.54, 1.807) is 0 Å². The number of sulfonamides is 1. The molecular formula is C15H23N3O6S. The highest BCUT2D eigenvalue weighted by Crippen LogP contribution is 2.23. The van der Waals surface area contributed by atoms with E-state index in [2.05, 4.69) is 5.32 Å². The summed E-state index contributed by atoms with van der Waals surface area (Å²) >= 11 is 0. The molecule has 0 spiro atoms. The van der Waals surface area contributed by atoms with Gasteiger partial charge in [0.1, 0.15) is 0 Å². The van der Waals surface area contributed by atoms with E-state index in [9.17, 15) is 18.0 Å². The number of aliphatic hydroxyl groups is 1. The van der Waals surface area contributed by atoms with Crippen molar-refractivity contribution in [3.05, 3.63) is 23.8 Å². The molecule has 1 aromatic carbocycles. The summed E-state index contributed by atoms with van der Waals surface area (Å²) in [6, 6.07) is 3.94. The van der Waals surface area contributed by atoms with Crippen molar-refractivity contribution in [3.63, 3.8) is 0 Å². The predicted octanol–water partition coefficient (Wildman–Crippen LogP) is -0.414. The second-order valence-electron chi connectivity index (χ2n) is 5.51. The quantitative estimate of drug-likeness (QED) is 0.595. The molecule has 25 heavy (non-hydrogen) atoms. The maximum absolute atomic E-state index is 12.3. The first kappa shape index (κ1) is 20.9. The van der Waals surface area contributed by atoms with Gasteiger partial charge in [-0.2, -0.15) is 0 Å². The van der Waals surface area contributed by atoms with Gasteiger partial charge in [-0.3, -0.25) is 4.79 Å². The molecule has 10 heteroatoms. The van der Waals surface area contributed by atoms with Gasteiger partial charge in [-0.25, -0.2) is 17.5 Å². The number of rotatable bonds is 8. The number of hydrogen-bond donors (Lipinski definition) is 2. The topological polar surface area (TPSA) is 116 Å². The van der Waals surface area contributed by atoms with Crippen LogP contribution in [0.2, 0.25) is 0 Å². The monoisotopic (exact) mass is 373 g/mol. The Kier molecular flexibility index (Phi) is 7.34. The fourth-order valence-corrected chi connectivity index (χ4v) is 2.67. The Balaban J connectivity index is 3.18. The average molecular weight is 373 g/mol. The van der Waals surface area contributed by atoms with E-state index < -0.39 is 28.5 Å². The Morgan fingerprint density at radius 1 is 1.20 bits per heavy atom. The van der Waals surface area contributed by atoms with Crippen molar-refractivity contribution in [1.82, 2.24) is 9.21 Å². The highest BCUT2D eigenvalue weighted by Gasteiger charge is 2.22. The fourth-order valence-electron chi connectivity index (χ4n) is 1.74. The number of esters is 1. The summed E-state index contributed by atoms with van der Waals surface area (Å²) in [5.74, 6) is -1.25. The van der Waals surface area contributed by atoms with Crippen molar-refractivity contribution in [1.29, 1.82) is 0 Å². The van der Waals surface area contributed by atoms with Crippen LogP contribution in [-0.4, -0.2) is 82.6 Å². The lowest BCUT2D eigenvalue weighted by molar-refractivity contribution is -0.131. The molecule has 0 aliphatic rings. The van der Waals surface area contributed by atoms with Crippen LogP contribution in [0.4, 0.5) is 5.69 Å². The number of carbonyl (C=O) groups excluding carboxylic acids is 2. The molecule has 1 aromatic rings. The van der Waals surface area contributed by atoms with Crippen LogP contribution in [0.1, 0.15) is 10.4 Å². The number of hydrogen-bond acceptors (Lipinski definition) is 7. The van der Waals surface area contributed by atoms with Crippen molar-refractivity contribution < 1.29 is 27.9 Å². The van der Waals surface area contributed by atoms with Crippen LogP contribution in [0, 0.1) is 0 Å². The number of likely N-dealkylation sites (N-methyl/N-ethyl adjacent to an activating group) is 1. The first-order valence-corrected chi connectivity index (χ1v) is 8.83. The lowest BCUT2D eigenvalue weighted by atomic mass is 10.2. The van der Waals surface area contributed by atoms with E-state index in [0.29, 0.717) is 5.69 Å². The minimum Gasteiger partial charge on any atom is -0.452 e. The molecular weight excluding hydrogens is 350 g/mol. The fraction of sp³-hybridized carbons (Fsp3) is 0.467. The van der Waals surface area contributed by atoms with E-state index in [1.165, 1.54) is 51.3 Å². The number of anilines is 1. The molecule has 0 atom stereocenters. The van der Waals surface area contributed by atoms with E-state index in [4.69, 9.17) is 9.84 Å². The van der Waals surface area contributed by atoms with Crippen LogP contribution in [-0.2, 0) is 19.6 Å². The summed E-state index contributed by atoms with van der Waals surface area (Å²) in [6.07, 6.45) is 0. The standard InChI is InChI=1S/C15H23N3O6S/c1-17(2)14(20)10-24-15(21)12-9-11(25(22,23)18(3)4)5-6-13(12)16-7-8-19/h5-6,9,16,19H,7-8,10H2,1-4H3. The van der Waals surface area contributed by atoms with Gasteiger partial charge in [0, 0.05) is 40.4 Å². The maximum atomic E-state index is 12.3. The summed E-state index contributed by atoms with van der Waals surface area (Å²) < 4.78 is 30.5. The summed E-state index contributed by atoms with van der Waals surface area (Å²) in [6.45, 7) is -0.474. The third kappa shape index (κ3) is 5.41. The van der Waals surface area contributed by atoms with Gasteiger partial charge in [0.2, 0.25) is 10.0 Å². The molecule has 0 radical (unpaired) electrons. The maximum Gasteiger partial charge on any atom is 0.340 e. The molecule has 0 saturated heterocycles. The van der Waals surface area contributed by atoms with Gasteiger partial charge in [0.15, 0.2) is 6.61 Å². The number of amides is 1. The summed E-state index contributed by atoms with van der Waals surface area (Å²) in [5.41, 5.74) is 0.261. The van der Waals surface area contributed by atoms with Crippen molar-refractivity contribution >= 4 is 27.6 Å². The van der Waals surface area contributed by atoms with Crippen LogP contribution in [0.15, 0.2) is 23.1 Å². The smallest absolute Gasteiger partial charge is 0.340 e. The molecule has 0 aromatic heterocycles. The lowest BCUT2D eigenvalue weighted by Gasteiger charge is -2.16. The summed E-state index contributed by atoms with van der Waals surface area (Å²) in [7, 11) is 2.06. The molecule has 140 valence electrons. The number of ether oxygens (including phenoxy) is 1. The van der Waals surface area contributed by atoms with Gasteiger partial charge in [-0.1, -0.05) is 0 Å². The average Bonchev–Trinajstić information content (AvgIpc) is 2.56. The Hall–Kier alpha value is -2.17.